The van der Waals surface area contributed by atoms with E-state index >= 15 is 0 Å². The number of carbonyl (C=O) groups excluding carboxylic acids is 5. The van der Waals surface area contributed by atoms with Crippen molar-refractivity contribution in [1.82, 2.24) is 5.32 Å². The molecule has 0 aromatic carbocycles. The quantitative estimate of drug-likeness (QED) is 0.231. The Balaban J connectivity index is -0.000000102. The van der Waals surface area contributed by atoms with Gasteiger partial charge in [-0.25, -0.2) is 8.42 Å². The Morgan fingerprint density at radius 1 is 0.614 bits per heavy atom. The molecule has 1 atom stereocenters. The molecule has 0 unspecified atom stereocenters. The van der Waals surface area contributed by atoms with Crippen molar-refractivity contribution in [3.05, 3.63) is 0 Å². The van der Waals surface area contributed by atoms with Crippen molar-refractivity contribution in [3.63, 3.8) is 0 Å². The average molecular weight is 844 g/mol. The molecule has 346 valence electrons. The van der Waals surface area contributed by atoms with Gasteiger partial charge in [0, 0.05) is 29.5 Å². The van der Waals surface area contributed by atoms with Crippen LogP contribution in [0.2, 0.25) is 0 Å². The number of carbonyl (C=O) groups is 5. The number of hydrogen-bond donors (Lipinski definition) is 3. The number of rotatable bonds is 3. The number of aliphatic hydroxyl groups is 2. The lowest BCUT2D eigenvalue weighted by molar-refractivity contribution is -0.152. The molecule has 0 heterocycles. The predicted octanol–water partition coefficient (Wildman–Crippen LogP) is 8.67. The van der Waals surface area contributed by atoms with Gasteiger partial charge in [-0.2, -0.15) is 0 Å². The second-order valence-electron chi connectivity index (χ2n) is 21.1. The summed E-state index contributed by atoms with van der Waals surface area (Å²) in [5.41, 5.74) is -1.23. The fraction of sp³-hybridized carbons (Fsp3) is 0.886. The Morgan fingerprint density at radius 3 is 0.930 bits per heavy atom. The third-order valence-electron chi connectivity index (χ3n) is 7.54. The minimum Gasteiger partial charge on any atom is -0.469 e. The smallest absolute Gasteiger partial charge is 0.311 e. The van der Waals surface area contributed by atoms with Crippen molar-refractivity contribution in [1.29, 1.82) is 0 Å². The van der Waals surface area contributed by atoms with Crippen molar-refractivity contribution in [2.45, 2.75) is 184 Å². The largest absolute Gasteiger partial charge is 0.469 e. The highest BCUT2D eigenvalue weighted by molar-refractivity contribution is 7.92. The lowest BCUT2D eigenvalue weighted by atomic mass is 9.84. The number of amides is 1. The van der Waals surface area contributed by atoms with E-state index < -0.39 is 26.1 Å². The van der Waals surface area contributed by atoms with E-state index in [-0.39, 0.29) is 57.7 Å². The fourth-order valence-electron chi connectivity index (χ4n) is 1.89. The highest BCUT2D eigenvalue weighted by Crippen LogP contribution is 2.23. The summed E-state index contributed by atoms with van der Waals surface area (Å²) in [6.07, 6.45) is 0.414. The first-order valence-electron chi connectivity index (χ1n) is 19.5. The maximum atomic E-state index is 10.9. The molecule has 0 aromatic rings. The first kappa shape index (κ1) is 69.3. The number of nitrogens with one attached hydrogen (secondary N) is 1. The molecule has 0 aliphatic heterocycles. The number of Topliss-reactive ketones (excluding diaryl/α,β-unsaturated/α-hetero) is 2. The van der Waals surface area contributed by atoms with Gasteiger partial charge in [-0.1, -0.05) is 96.9 Å². The van der Waals surface area contributed by atoms with Crippen LogP contribution in [-0.2, 0) is 43.3 Å². The van der Waals surface area contributed by atoms with Gasteiger partial charge >= 0.3 is 11.9 Å². The molecule has 0 radical (unpaired) electrons. The monoisotopic (exact) mass is 844 g/mol. The van der Waals surface area contributed by atoms with Crippen molar-refractivity contribution < 1.29 is 52.1 Å². The van der Waals surface area contributed by atoms with Gasteiger partial charge in [0.05, 0.1) is 29.3 Å². The van der Waals surface area contributed by atoms with E-state index in [9.17, 15) is 32.4 Å². The molecule has 0 aliphatic rings. The lowest BCUT2D eigenvalue weighted by Gasteiger charge is -2.22. The zero-order chi connectivity index (χ0) is 48.6. The number of methoxy groups -OCH3 is 1. The Labute approximate surface area is 351 Å². The number of esters is 2. The van der Waals surface area contributed by atoms with Crippen molar-refractivity contribution in [2.75, 3.05) is 33.6 Å². The van der Waals surface area contributed by atoms with Crippen LogP contribution in [-0.4, -0.2) is 92.5 Å². The van der Waals surface area contributed by atoms with E-state index in [0.29, 0.717) is 12.0 Å². The van der Waals surface area contributed by atoms with E-state index in [1.165, 1.54) is 20.3 Å². The average Bonchev–Trinajstić information content (AvgIpc) is 2.97. The minimum absolute atomic E-state index is 0.0810. The maximum absolute atomic E-state index is 10.9. The van der Waals surface area contributed by atoms with Crippen molar-refractivity contribution in [3.8, 4) is 0 Å². The van der Waals surface area contributed by atoms with E-state index in [2.05, 4.69) is 44.7 Å². The van der Waals surface area contributed by atoms with Crippen LogP contribution in [0.1, 0.15) is 173 Å². The Morgan fingerprint density at radius 2 is 0.912 bits per heavy atom. The topological polar surface area (TPSA) is 190 Å². The van der Waals surface area contributed by atoms with Gasteiger partial charge < -0.3 is 25.0 Å². The number of ketones is 2. The van der Waals surface area contributed by atoms with Gasteiger partial charge in [-0.15, -0.1) is 0 Å². The first-order valence-corrected chi connectivity index (χ1v) is 21.4. The molecular weight excluding hydrogens is 751 g/mol. The van der Waals surface area contributed by atoms with Gasteiger partial charge in [0.25, 0.3) is 0 Å². The molecule has 57 heavy (non-hydrogen) atoms. The molecule has 1 amide bonds. The SMILES string of the molecule is CC(C)(C)C(=O)CO.CC(C)(C)S(C)(=O)=O.CC(C)C(C)(C)C.CCOC(=O)C(C)(C)C.CNC(=O)C(C)(C)C.COC(=O)C(C)(C)C.C[C@H](O)C(=O)C(C)(C)C. The number of sulfone groups is 1. The van der Waals surface area contributed by atoms with E-state index in [0.717, 1.165) is 5.92 Å². The highest BCUT2D eigenvalue weighted by atomic mass is 32.2. The zero-order valence-corrected chi connectivity index (χ0v) is 42.9. The van der Waals surface area contributed by atoms with Crippen LogP contribution in [0.25, 0.3) is 0 Å². The van der Waals surface area contributed by atoms with E-state index in [1.54, 1.807) is 69.4 Å². The van der Waals surface area contributed by atoms with Gasteiger partial charge in [-0.3, -0.25) is 24.0 Å². The van der Waals surface area contributed by atoms with E-state index in [4.69, 9.17) is 14.9 Å². The number of ether oxygens (including phenoxy) is 2. The summed E-state index contributed by atoms with van der Waals surface area (Å²) in [5, 5.41) is 19.7. The first-order chi connectivity index (χ1) is 24.5. The predicted molar refractivity (Wildman–Crippen MR) is 238 cm³/mol. The zero-order valence-electron chi connectivity index (χ0n) is 42.0. The van der Waals surface area contributed by atoms with Crippen molar-refractivity contribution >= 4 is 39.2 Å². The summed E-state index contributed by atoms with van der Waals surface area (Å²) in [7, 11) is 0.203. The number of aliphatic hydroxyl groups excluding tert-OH is 2. The van der Waals surface area contributed by atoms with Gasteiger partial charge in [0.15, 0.2) is 21.4 Å². The standard InChI is InChI=1S/2C7H14O2.C7H16.C6H13NO.2C6H12O2.C5H12O2S/c1-5-9-6(8)7(2,3)4;1-5(8)6(9)7(2,3)4;1-6(2)7(3,4)5;1-6(2,3)5(8)7-4;1-6(2,3)5(7)8-4;1-6(2,3)5(8)4-7;1-5(2,3)8(4,6)7/h5H2,1-4H3;5,8H,1-4H3;6H,1-5H3;1-4H3,(H,7,8);1-4H3;7H,4H2,1-3H3;1-4H3/t;5-;;;;;/m.0...../s1. The molecular formula is C44H93NO11S. The molecule has 0 bridgehead atoms. The second-order valence-corrected chi connectivity index (χ2v) is 23.8. The molecule has 0 aliphatic carbocycles. The Bertz CT molecular complexity index is 1170. The molecule has 0 saturated heterocycles. The van der Waals surface area contributed by atoms with Crippen LogP contribution in [0.15, 0.2) is 0 Å². The second kappa shape index (κ2) is 28.9. The molecule has 0 fully saturated rings. The van der Waals surface area contributed by atoms with E-state index in [1.807, 2.05) is 69.2 Å². The molecule has 3 N–H and O–H groups in total. The summed E-state index contributed by atoms with van der Waals surface area (Å²) in [6, 6.07) is 0. The molecule has 0 saturated carbocycles. The van der Waals surface area contributed by atoms with Crippen molar-refractivity contribution in [2.24, 2.45) is 38.4 Å². The summed E-state index contributed by atoms with van der Waals surface area (Å²) in [6.45, 7) is 47.1. The van der Waals surface area contributed by atoms with Crippen LogP contribution < -0.4 is 5.32 Å². The Kier molecular flexibility index (Phi) is 35.2. The van der Waals surface area contributed by atoms with Crippen LogP contribution in [0.4, 0.5) is 0 Å². The van der Waals surface area contributed by atoms with Gasteiger partial charge in [0.2, 0.25) is 5.91 Å². The Hall–Kier alpha value is -2.38. The van der Waals surface area contributed by atoms with Gasteiger partial charge in [0.1, 0.15) is 12.7 Å². The third kappa shape index (κ3) is 46.2. The van der Waals surface area contributed by atoms with Crippen LogP contribution in [0.5, 0.6) is 0 Å². The lowest BCUT2D eigenvalue weighted by Crippen LogP contribution is -2.31. The van der Waals surface area contributed by atoms with Crippen LogP contribution >= 0.6 is 0 Å². The molecule has 0 rings (SSSR count). The third-order valence-corrected chi connectivity index (χ3v) is 9.76. The molecule has 13 heteroatoms. The highest BCUT2D eigenvalue weighted by Gasteiger charge is 2.25. The molecule has 0 spiro atoms. The fourth-order valence-corrected chi connectivity index (χ4v) is 1.89. The van der Waals surface area contributed by atoms with Crippen LogP contribution in [0.3, 0.4) is 0 Å². The molecule has 12 nitrogen and oxygen atoms in total. The molecule has 0 aromatic heterocycles. The summed E-state index contributed by atoms with van der Waals surface area (Å²) >= 11 is 0. The van der Waals surface area contributed by atoms with Gasteiger partial charge in [-0.05, 0) is 87.5 Å². The number of hydrogen-bond acceptors (Lipinski definition) is 11. The maximum Gasteiger partial charge on any atom is 0.311 e. The summed E-state index contributed by atoms with van der Waals surface area (Å²) < 4.78 is 30.0. The normalized spacial score (nSPS) is 12.4. The minimum atomic E-state index is -2.84. The summed E-state index contributed by atoms with van der Waals surface area (Å²) in [4.78, 5) is 53.7. The summed E-state index contributed by atoms with van der Waals surface area (Å²) in [5.74, 6) is 0.354. The van der Waals surface area contributed by atoms with Crippen LogP contribution in [0, 0.1) is 38.4 Å².